The third-order valence-corrected chi connectivity index (χ3v) is 13.1. The highest BCUT2D eigenvalue weighted by Gasteiger charge is 2.58. The Balaban J connectivity index is 1.56. The standard InChI is InChI=1S/C48H69N5O12/c1-13-35-48(10)39(52-46(59)65-48)29(6)36(54)27(4)25-47(9,64-45(58)51-21-14-16-32-17-19-33(20-18-32)41-49-22-15-23-50-41)40(63-44-37(55)34(53(11)12)24-28(5)60-44)30(7)38(31(8)43(57)61-35)62-42(56)26(2)3/h14-20,22-23,26-31,34-35,37-40,44,55H,13,21,24-25H2,1-12H3,(H,51,58)(H,52,59)/b16-14+/t27-,28-,29+,30+,31-,34+,35-,37-,38+,39-,40-,44+,47-,48-/m1/s1. The first-order chi connectivity index (χ1) is 30.6. The van der Waals surface area contributed by atoms with Crippen LogP contribution in [0.4, 0.5) is 9.59 Å². The fraction of sp³-hybridized carbons (Fsp3) is 0.646. The van der Waals surface area contributed by atoms with Crippen LogP contribution in [-0.2, 0) is 42.8 Å². The number of rotatable bonds is 11. The molecule has 3 fully saturated rings. The first-order valence-corrected chi connectivity index (χ1v) is 22.7. The number of aliphatic hydroxyl groups is 1. The Morgan fingerprint density at radius 1 is 1.03 bits per heavy atom. The van der Waals surface area contributed by atoms with E-state index in [4.69, 9.17) is 28.4 Å². The number of likely N-dealkylation sites (N-methyl/N-ethyl adjacent to an activating group) is 1. The van der Waals surface area contributed by atoms with Crippen molar-refractivity contribution in [3.05, 3.63) is 54.4 Å². The number of aliphatic hydroxyl groups excluding tert-OH is 1. The Morgan fingerprint density at radius 3 is 2.31 bits per heavy atom. The molecule has 2 aromatic rings. The highest BCUT2D eigenvalue weighted by Crippen LogP contribution is 2.42. The van der Waals surface area contributed by atoms with Gasteiger partial charge in [-0.05, 0) is 72.7 Å². The van der Waals surface area contributed by atoms with Crippen molar-refractivity contribution in [1.82, 2.24) is 25.5 Å². The number of amides is 2. The molecule has 0 unspecified atom stereocenters. The molecule has 4 heterocycles. The number of hydrogen-bond donors (Lipinski definition) is 3. The first kappa shape index (κ1) is 51.0. The monoisotopic (exact) mass is 907 g/mol. The molecule has 65 heavy (non-hydrogen) atoms. The third-order valence-electron chi connectivity index (χ3n) is 13.1. The van der Waals surface area contributed by atoms with Gasteiger partial charge in [0.25, 0.3) is 0 Å². The molecule has 3 aliphatic heterocycles. The van der Waals surface area contributed by atoms with E-state index in [1.54, 1.807) is 86.8 Å². The van der Waals surface area contributed by atoms with Gasteiger partial charge >= 0.3 is 24.1 Å². The van der Waals surface area contributed by atoms with Gasteiger partial charge in [-0.1, -0.05) is 78.0 Å². The second-order valence-electron chi connectivity index (χ2n) is 18.8. The molecule has 17 heteroatoms. The summed E-state index contributed by atoms with van der Waals surface area (Å²) in [5, 5.41) is 17.4. The summed E-state index contributed by atoms with van der Waals surface area (Å²) in [6.45, 7) is 16.9. The molecular formula is C48H69N5O12. The number of hydrogen-bond acceptors (Lipinski definition) is 15. The van der Waals surface area contributed by atoms with Crippen LogP contribution in [0.25, 0.3) is 17.5 Å². The lowest BCUT2D eigenvalue weighted by atomic mass is 9.73. The number of Topliss-reactive ketones (excluding diaryl/α,β-unsaturated/α-hetero) is 1. The summed E-state index contributed by atoms with van der Waals surface area (Å²) in [6, 6.07) is 8.03. The molecule has 17 nitrogen and oxygen atoms in total. The smallest absolute Gasteiger partial charge is 0.408 e. The van der Waals surface area contributed by atoms with Crippen molar-refractivity contribution in [1.29, 1.82) is 0 Å². The normalized spacial score (nSPS) is 34.8. The van der Waals surface area contributed by atoms with Crippen molar-refractivity contribution in [2.75, 3.05) is 20.6 Å². The number of benzene rings is 1. The average Bonchev–Trinajstić information content (AvgIpc) is 3.58. The number of ether oxygens (including phenoxy) is 6. The van der Waals surface area contributed by atoms with Crippen LogP contribution in [-0.4, -0.2) is 131 Å². The van der Waals surface area contributed by atoms with Crippen LogP contribution in [0.3, 0.4) is 0 Å². The number of esters is 2. The van der Waals surface area contributed by atoms with Crippen molar-refractivity contribution in [2.24, 2.45) is 29.6 Å². The topological polar surface area (TPSA) is 214 Å². The summed E-state index contributed by atoms with van der Waals surface area (Å²) in [4.78, 5) is 80.1. The molecule has 2 amide bonds. The zero-order valence-electron chi connectivity index (χ0n) is 39.8. The quantitative estimate of drug-likeness (QED) is 0.182. The largest absolute Gasteiger partial charge is 0.461 e. The van der Waals surface area contributed by atoms with E-state index in [2.05, 4.69) is 20.6 Å². The van der Waals surface area contributed by atoms with E-state index in [0.29, 0.717) is 12.2 Å². The van der Waals surface area contributed by atoms with Gasteiger partial charge in [0.15, 0.2) is 17.7 Å². The van der Waals surface area contributed by atoms with Crippen molar-refractivity contribution in [3.63, 3.8) is 0 Å². The van der Waals surface area contributed by atoms with Crippen LogP contribution in [0, 0.1) is 29.6 Å². The van der Waals surface area contributed by atoms with Crippen LogP contribution in [0.5, 0.6) is 0 Å². The third kappa shape index (κ3) is 11.9. The highest BCUT2D eigenvalue weighted by molar-refractivity contribution is 5.85. The minimum absolute atomic E-state index is 0.0492. The lowest BCUT2D eigenvalue weighted by Crippen LogP contribution is -2.61. The van der Waals surface area contributed by atoms with E-state index >= 15 is 0 Å². The van der Waals surface area contributed by atoms with Gasteiger partial charge in [0, 0.05) is 48.3 Å². The molecule has 0 bridgehead atoms. The van der Waals surface area contributed by atoms with Gasteiger partial charge in [0.1, 0.15) is 35.8 Å². The minimum atomic E-state index is -1.74. The van der Waals surface area contributed by atoms with E-state index in [1.807, 2.05) is 56.3 Å². The summed E-state index contributed by atoms with van der Waals surface area (Å²) >= 11 is 0. The predicted octanol–water partition coefficient (Wildman–Crippen LogP) is 5.73. The van der Waals surface area contributed by atoms with Crippen LogP contribution in [0.15, 0.2) is 48.8 Å². The lowest BCUT2D eigenvalue weighted by molar-refractivity contribution is -0.298. The Bertz CT molecular complexity index is 2000. The summed E-state index contributed by atoms with van der Waals surface area (Å²) < 4.78 is 37.7. The number of alkyl carbamates (subject to hydrolysis) is 2. The Morgan fingerprint density at radius 2 is 1.69 bits per heavy atom. The van der Waals surface area contributed by atoms with Gasteiger partial charge in [-0.25, -0.2) is 19.6 Å². The van der Waals surface area contributed by atoms with Crippen molar-refractivity contribution in [2.45, 2.75) is 149 Å². The molecule has 1 aromatic carbocycles. The molecule has 3 N–H and O–H groups in total. The van der Waals surface area contributed by atoms with Crippen LogP contribution >= 0.6 is 0 Å². The van der Waals surface area contributed by atoms with Gasteiger partial charge in [0.2, 0.25) is 0 Å². The molecule has 1 aromatic heterocycles. The molecule has 3 saturated heterocycles. The molecule has 0 aliphatic carbocycles. The van der Waals surface area contributed by atoms with Crippen LogP contribution in [0.1, 0.15) is 94.1 Å². The summed E-state index contributed by atoms with van der Waals surface area (Å²) in [6.07, 6.45) is -0.521. The SMILES string of the molecule is CC[C@H]1OC(=O)[C@H](C)[C@@H](OC(=O)C(C)C)[C@H](C)[C@@H](O[C@@H]2O[C@H](C)C[C@H](N(C)C)[C@H]2O)[C@](C)(OC(=O)NC/C=C/c2ccc(-c3ncccn3)cc2)C[C@@H](C)C(=O)[C@H](C)[C@H]2NC(=O)O[C@@]21C. The van der Waals surface area contributed by atoms with Gasteiger partial charge in [-0.3, -0.25) is 14.4 Å². The second-order valence-corrected chi connectivity index (χ2v) is 18.8. The van der Waals surface area contributed by atoms with Crippen molar-refractivity contribution < 1.29 is 57.5 Å². The van der Waals surface area contributed by atoms with Gasteiger partial charge in [-0.2, -0.15) is 0 Å². The van der Waals surface area contributed by atoms with E-state index in [9.17, 15) is 29.1 Å². The maximum absolute atomic E-state index is 14.6. The van der Waals surface area contributed by atoms with Gasteiger partial charge in [-0.15, -0.1) is 0 Å². The number of carbonyl (C=O) groups is 5. The number of ketones is 1. The number of cyclic esters (lactones) is 1. The van der Waals surface area contributed by atoms with Crippen molar-refractivity contribution in [3.8, 4) is 11.4 Å². The summed E-state index contributed by atoms with van der Waals surface area (Å²) in [7, 11) is 3.67. The first-order valence-electron chi connectivity index (χ1n) is 22.7. The molecule has 0 spiro atoms. The molecule has 0 saturated carbocycles. The summed E-state index contributed by atoms with van der Waals surface area (Å²) in [5.74, 6) is -5.53. The number of aromatic nitrogens is 2. The number of fused-ring (bicyclic) bond motifs is 1. The maximum atomic E-state index is 14.6. The zero-order chi connectivity index (χ0) is 48.0. The van der Waals surface area contributed by atoms with E-state index in [0.717, 1.165) is 11.1 Å². The van der Waals surface area contributed by atoms with Gasteiger partial charge < -0.3 is 49.1 Å². The number of nitrogens with zero attached hydrogens (tertiary/aromatic N) is 3. The van der Waals surface area contributed by atoms with Gasteiger partial charge in [0.05, 0.1) is 24.0 Å². The fourth-order valence-electron chi connectivity index (χ4n) is 9.48. The van der Waals surface area contributed by atoms with Crippen molar-refractivity contribution >= 4 is 36.0 Å². The molecule has 14 atom stereocenters. The molecule has 0 radical (unpaired) electrons. The Kier molecular flexibility index (Phi) is 16.9. The van der Waals surface area contributed by atoms with E-state index in [1.165, 1.54) is 0 Å². The maximum Gasteiger partial charge on any atom is 0.408 e. The fourth-order valence-corrected chi connectivity index (χ4v) is 9.48. The Hall–Kier alpha value is -4.97. The number of carbonyl (C=O) groups excluding carboxylic acids is 5. The minimum Gasteiger partial charge on any atom is -0.461 e. The van der Waals surface area contributed by atoms with Crippen LogP contribution in [0.2, 0.25) is 0 Å². The molecular weight excluding hydrogens is 839 g/mol. The Labute approximate surface area is 382 Å². The van der Waals surface area contributed by atoms with Crippen LogP contribution < -0.4 is 10.6 Å². The summed E-state index contributed by atoms with van der Waals surface area (Å²) in [5.41, 5.74) is -1.49. The zero-order valence-corrected chi connectivity index (χ0v) is 39.8. The number of nitrogens with one attached hydrogen (secondary N) is 2. The lowest BCUT2D eigenvalue weighted by Gasteiger charge is -2.48. The second kappa shape index (κ2) is 21.6. The predicted molar refractivity (Wildman–Crippen MR) is 240 cm³/mol. The molecule has 3 aliphatic rings. The van der Waals surface area contributed by atoms with E-state index in [-0.39, 0.29) is 31.3 Å². The van der Waals surface area contributed by atoms with E-state index < -0.39 is 108 Å². The molecule has 5 rings (SSSR count). The molecule has 358 valence electrons. The average molecular weight is 908 g/mol. The highest BCUT2D eigenvalue weighted by atomic mass is 16.7.